The molecule has 2 saturated carbocycles. The molecule has 3 unspecified atom stereocenters. The smallest absolute Gasteiger partial charge is 0.00980 e. The Morgan fingerprint density at radius 3 is 2.35 bits per heavy atom. The molecular formula is C19H37N. The Labute approximate surface area is 127 Å². The molecule has 20 heavy (non-hydrogen) atoms. The van der Waals surface area contributed by atoms with Gasteiger partial charge < -0.3 is 5.32 Å². The molecule has 2 aliphatic carbocycles. The molecule has 2 rings (SSSR count). The van der Waals surface area contributed by atoms with Gasteiger partial charge in [0.1, 0.15) is 0 Å². The first-order valence-corrected chi connectivity index (χ1v) is 9.56. The van der Waals surface area contributed by atoms with Crippen molar-refractivity contribution in [3.63, 3.8) is 0 Å². The van der Waals surface area contributed by atoms with E-state index in [2.05, 4.69) is 19.2 Å². The van der Waals surface area contributed by atoms with E-state index in [1.54, 1.807) is 0 Å². The van der Waals surface area contributed by atoms with Gasteiger partial charge in [0.25, 0.3) is 0 Å². The van der Waals surface area contributed by atoms with E-state index in [1.165, 1.54) is 83.6 Å². The molecule has 2 aliphatic rings. The Morgan fingerprint density at radius 2 is 1.65 bits per heavy atom. The number of hydrogen-bond donors (Lipinski definition) is 1. The van der Waals surface area contributed by atoms with Crippen molar-refractivity contribution in [1.29, 1.82) is 0 Å². The molecule has 0 aromatic carbocycles. The van der Waals surface area contributed by atoms with Gasteiger partial charge in [-0.3, -0.25) is 0 Å². The largest absolute Gasteiger partial charge is 0.314 e. The summed E-state index contributed by atoms with van der Waals surface area (Å²) in [6, 6.07) is 0.826. The zero-order valence-electron chi connectivity index (χ0n) is 14.0. The Kier molecular flexibility index (Phi) is 7.41. The summed E-state index contributed by atoms with van der Waals surface area (Å²) in [5.41, 5.74) is 0. The lowest BCUT2D eigenvalue weighted by Gasteiger charge is -2.37. The van der Waals surface area contributed by atoms with E-state index >= 15 is 0 Å². The van der Waals surface area contributed by atoms with Crippen molar-refractivity contribution < 1.29 is 0 Å². The van der Waals surface area contributed by atoms with Crippen molar-refractivity contribution >= 4 is 0 Å². The van der Waals surface area contributed by atoms with Crippen LogP contribution in [0.1, 0.15) is 90.9 Å². The lowest BCUT2D eigenvalue weighted by molar-refractivity contribution is 0.177. The van der Waals surface area contributed by atoms with Gasteiger partial charge in [0.2, 0.25) is 0 Å². The van der Waals surface area contributed by atoms with E-state index in [0.717, 1.165) is 23.8 Å². The standard InChI is InChI=1S/C19H37N/c1-3-13-20-19(15-17-9-6-5-7-10-17)18-12-8-11-16(4-2)14-18/h16-20H,3-15H2,1-2H3. The maximum atomic E-state index is 3.93. The molecule has 0 spiro atoms. The highest BCUT2D eigenvalue weighted by atomic mass is 14.9. The molecule has 0 radical (unpaired) electrons. The second-order valence-electron chi connectivity index (χ2n) is 7.50. The predicted molar refractivity (Wildman–Crippen MR) is 89.0 cm³/mol. The first kappa shape index (κ1) is 16.3. The molecule has 0 aliphatic heterocycles. The van der Waals surface area contributed by atoms with Crippen LogP contribution in [0.3, 0.4) is 0 Å². The molecule has 1 N–H and O–H groups in total. The van der Waals surface area contributed by atoms with Gasteiger partial charge in [0.05, 0.1) is 0 Å². The fraction of sp³-hybridized carbons (Fsp3) is 1.00. The maximum Gasteiger partial charge on any atom is 0.00980 e. The number of rotatable bonds is 7. The topological polar surface area (TPSA) is 12.0 Å². The van der Waals surface area contributed by atoms with Crippen molar-refractivity contribution in [2.24, 2.45) is 17.8 Å². The summed E-state index contributed by atoms with van der Waals surface area (Å²) in [7, 11) is 0. The molecule has 118 valence electrons. The Hall–Kier alpha value is -0.0400. The first-order chi connectivity index (χ1) is 9.83. The van der Waals surface area contributed by atoms with E-state index in [9.17, 15) is 0 Å². The van der Waals surface area contributed by atoms with Gasteiger partial charge in [0, 0.05) is 6.04 Å². The molecule has 1 nitrogen and oxygen atoms in total. The maximum absolute atomic E-state index is 3.93. The highest BCUT2D eigenvalue weighted by Gasteiger charge is 2.29. The van der Waals surface area contributed by atoms with Crippen LogP contribution in [0.5, 0.6) is 0 Å². The van der Waals surface area contributed by atoms with Crippen LogP contribution >= 0.6 is 0 Å². The molecule has 0 amide bonds. The molecule has 2 fully saturated rings. The van der Waals surface area contributed by atoms with Crippen LogP contribution in [-0.2, 0) is 0 Å². The lowest BCUT2D eigenvalue weighted by Crippen LogP contribution is -2.40. The van der Waals surface area contributed by atoms with Crippen LogP contribution in [0.2, 0.25) is 0 Å². The summed E-state index contributed by atoms with van der Waals surface area (Å²) in [5, 5.41) is 3.93. The summed E-state index contributed by atoms with van der Waals surface area (Å²) in [6.45, 7) is 5.92. The quantitative estimate of drug-likeness (QED) is 0.645. The van der Waals surface area contributed by atoms with Crippen LogP contribution < -0.4 is 5.32 Å². The third kappa shape index (κ3) is 5.06. The monoisotopic (exact) mass is 279 g/mol. The molecule has 3 atom stereocenters. The minimum atomic E-state index is 0.826. The second-order valence-corrected chi connectivity index (χ2v) is 7.50. The first-order valence-electron chi connectivity index (χ1n) is 9.56. The van der Waals surface area contributed by atoms with Gasteiger partial charge >= 0.3 is 0 Å². The zero-order chi connectivity index (χ0) is 14.2. The Morgan fingerprint density at radius 1 is 0.900 bits per heavy atom. The van der Waals surface area contributed by atoms with E-state index < -0.39 is 0 Å². The van der Waals surface area contributed by atoms with Crippen LogP contribution in [0, 0.1) is 17.8 Å². The average molecular weight is 280 g/mol. The van der Waals surface area contributed by atoms with Crippen LogP contribution in [0.25, 0.3) is 0 Å². The van der Waals surface area contributed by atoms with Crippen molar-refractivity contribution in [3.8, 4) is 0 Å². The minimum Gasteiger partial charge on any atom is -0.314 e. The normalized spacial score (nSPS) is 30.3. The highest BCUT2D eigenvalue weighted by molar-refractivity contribution is 4.84. The molecular weight excluding hydrogens is 242 g/mol. The van der Waals surface area contributed by atoms with E-state index in [1.807, 2.05) is 0 Å². The van der Waals surface area contributed by atoms with Crippen molar-refractivity contribution in [2.75, 3.05) is 6.54 Å². The molecule has 1 heteroatoms. The summed E-state index contributed by atoms with van der Waals surface area (Å²) < 4.78 is 0. The second kappa shape index (κ2) is 9.07. The number of nitrogens with one attached hydrogen (secondary N) is 1. The summed E-state index contributed by atoms with van der Waals surface area (Å²) in [4.78, 5) is 0. The molecule has 0 saturated heterocycles. The third-order valence-electron chi connectivity index (χ3n) is 5.94. The third-order valence-corrected chi connectivity index (χ3v) is 5.94. The van der Waals surface area contributed by atoms with E-state index in [-0.39, 0.29) is 0 Å². The zero-order valence-corrected chi connectivity index (χ0v) is 14.0. The molecule has 0 aromatic rings. The molecule has 0 aromatic heterocycles. The van der Waals surface area contributed by atoms with Crippen molar-refractivity contribution in [2.45, 2.75) is 96.9 Å². The fourth-order valence-corrected chi connectivity index (χ4v) is 4.62. The van der Waals surface area contributed by atoms with Gasteiger partial charge in [-0.15, -0.1) is 0 Å². The van der Waals surface area contributed by atoms with Gasteiger partial charge in [-0.2, -0.15) is 0 Å². The summed E-state index contributed by atoms with van der Waals surface area (Å²) in [5.74, 6) is 3.02. The van der Waals surface area contributed by atoms with Crippen molar-refractivity contribution in [3.05, 3.63) is 0 Å². The summed E-state index contributed by atoms with van der Waals surface area (Å²) >= 11 is 0. The van der Waals surface area contributed by atoms with E-state index in [4.69, 9.17) is 0 Å². The van der Waals surface area contributed by atoms with Gasteiger partial charge in [0.15, 0.2) is 0 Å². The van der Waals surface area contributed by atoms with Gasteiger partial charge in [-0.05, 0) is 50.0 Å². The lowest BCUT2D eigenvalue weighted by atomic mass is 9.73. The molecule has 0 heterocycles. The van der Waals surface area contributed by atoms with Crippen molar-refractivity contribution in [1.82, 2.24) is 5.32 Å². The number of hydrogen-bond acceptors (Lipinski definition) is 1. The predicted octanol–water partition coefficient (Wildman–Crippen LogP) is 5.54. The highest BCUT2D eigenvalue weighted by Crippen LogP contribution is 2.36. The minimum absolute atomic E-state index is 0.826. The van der Waals surface area contributed by atoms with Gasteiger partial charge in [-0.1, -0.05) is 65.2 Å². The summed E-state index contributed by atoms with van der Waals surface area (Å²) in [6.07, 6.45) is 17.6. The van der Waals surface area contributed by atoms with Crippen LogP contribution in [0.15, 0.2) is 0 Å². The Balaban J connectivity index is 1.87. The van der Waals surface area contributed by atoms with E-state index in [0.29, 0.717) is 0 Å². The SMILES string of the molecule is CCCNC(CC1CCCCC1)C1CCCC(CC)C1. The van der Waals surface area contributed by atoms with Crippen LogP contribution in [0.4, 0.5) is 0 Å². The van der Waals surface area contributed by atoms with Crippen LogP contribution in [-0.4, -0.2) is 12.6 Å². The Bertz CT molecular complexity index is 244. The molecule has 0 bridgehead atoms. The fourth-order valence-electron chi connectivity index (χ4n) is 4.62. The average Bonchev–Trinajstić information content (AvgIpc) is 2.52. The van der Waals surface area contributed by atoms with Gasteiger partial charge in [-0.25, -0.2) is 0 Å².